The van der Waals surface area contributed by atoms with Crippen LogP contribution in [0.5, 0.6) is 0 Å². The Labute approximate surface area is 223 Å². The average molecular weight is 517 g/mol. The van der Waals surface area contributed by atoms with Gasteiger partial charge in [0.25, 0.3) is 8.32 Å². The lowest BCUT2D eigenvalue weighted by atomic mass is 9.80. The van der Waals surface area contributed by atoms with Crippen LogP contribution in [0.1, 0.15) is 67.3 Å². The summed E-state index contributed by atoms with van der Waals surface area (Å²) >= 11 is 0. The molecule has 0 amide bonds. The molecule has 0 N–H and O–H groups in total. The van der Waals surface area contributed by atoms with E-state index in [9.17, 15) is 0 Å². The highest BCUT2D eigenvalue weighted by Gasteiger charge is 2.53. The van der Waals surface area contributed by atoms with Crippen molar-refractivity contribution in [3.63, 3.8) is 0 Å². The Balaban J connectivity index is 1.28. The molecule has 5 nitrogen and oxygen atoms in total. The number of benzene rings is 2. The number of hydrogen-bond donors (Lipinski definition) is 0. The second kappa shape index (κ2) is 9.53. The third-order valence-corrected chi connectivity index (χ3v) is 13.7. The molecule has 0 unspecified atom stereocenters. The maximum absolute atomic E-state index is 7.16. The average Bonchev–Trinajstić information content (AvgIpc) is 3.37. The largest absolute Gasteiger partial charge is 0.498 e. The van der Waals surface area contributed by atoms with Crippen LogP contribution in [0.15, 0.2) is 73.1 Å². The molecule has 3 aromatic rings. The Hall–Kier alpha value is -2.19. The minimum absolute atomic E-state index is 0.00141. The molecule has 1 saturated carbocycles. The van der Waals surface area contributed by atoms with Crippen molar-refractivity contribution in [2.45, 2.75) is 83.6 Å². The fourth-order valence-electron chi connectivity index (χ4n) is 5.71. The number of aromatic nitrogens is 2. The van der Waals surface area contributed by atoms with Gasteiger partial charge in [0.15, 0.2) is 0 Å². The third-order valence-electron chi connectivity index (χ3n) is 8.68. The van der Waals surface area contributed by atoms with Gasteiger partial charge in [-0.1, -0.05) is 81.4 Å². The van der Waals surface area contributed by atoms with Gasteiger partial charge in [-0.2, -0.15) is 5.10 Å². The second-order valence-electron chi connectivity index (χ2n) is 12.8. The number of nitrogens with zero attached hydrogens (tertiary/aromatic N) is 2. The molecule has 2 heterocycles. The Bertz CT molecular complexity index is 1140. The normalized spacial score (nSPS) is 23.2. The van der Waals surface area contributed by atoms with E-state index in [1.165, 1.54) is 10.4 Å². The quantitative estimate of drug-likeness (QED) is 0.427. The SMILES string of the molecule is CC1(C)OB(c2cnn(C3CC(CO[Si](c4ccccc4)(c4ccccc4)C(C)(C)C)C3)c2)OC1(C)C. The Morgan fingerprint density at radius 3 is 1.92 bits per heavy atom. The summed E-state index contributed by atoms with van der Waals surface area (Å²) in [5.41, 5.74) is 0.296. The van der Waals surface area contributed by atoms with Crippen molar-refractivity contribution in [2.24, 2.45) is 5.92 Å². The number of hydrogen-bond acceptors (Lipinski definition) is 4. The van der Waals surface area contributed by atoms with Crippen molar-refractivity contribution in [3.8, 4) is 0 Å². The third kappa shape index (κ3) is 4.76. The van der Waals surface area contributed by atoms with Gasteiger partial charge in [-0.25, -0.2) is 0 Å². The van der Waals surface area contributed by atoms with Gasteiger partial charge in [0, 0.05) is 24.5 Å². The maximum atomic E-state index is 7.16. The topological polar surface area (TPSA) is 45.5 Å². The van der Waals surface area contributed by atoms with Gasteiger partial charge in [0.05, 0.1) is 17.2 Å². The summed E-state index contributed by atoms with van der Waals surface area (Å²) in [6.07, 6.45) is 6.14. The standard InChI is InChI=1S/C30H41BN2O3Si/c1-28(2,3)37(26-14-10-8-11-15-26,27-16-12-9-13-17-27)34-22-23-18-25(19-23)33-21-24(20-32-33)31-35-29(4,5)30(6,7)36-31/h8-17,20-21,23,25H,18-19,22H2,1-7H3. The van der Waals surface area contributed by atoms with Gasteiger partial charge in [0.1, 0.15) is 0 Å². The highest BCUT2D eigenvalue weighted by Crippen LogP contribution is 2.41. The molecule has 2 aliphatic rings. The van der Waals surface area contributed by atoms with E-state index in [4.69, 9.17) is 13.7 Å². The Kier molecular flexibility index (Phi) is 6.80. The molecular weight excluding hydrogens is 475 g/mol. The molecule has 2 fully saturated rings. The molecule has 0 atom stereocenters. The van der Waals surface area contributed by atoms with Crippen LogP contribution in [0.4, 0.5) is 0 Å². The van der Waals surface area contributed by atoms with Crippen molar-refractivity contribution in [1.82, 2.24) is 9.78 Å². The van der Waals surface area contributed by atoms with E-state index in [1.807, 2.05) is 6.20 Å². The van der Waals surface area contributed by atoms with Crippen molar-refractivity contribution >= 4 is 31.3 Å². The zero-order chi connectivity index (χ0) is 26.5. The first-order chi connectivity index (χ1) is 17.4. The van der Waals surface area contributed by atoms with Crippen molar-refractivity contribution in [3.05, 3.63) is 73.1 Å². The molecule has 0 bridgehead atoms. The molecule has 7 heteroatoms. The first kappa shape index (κ1) is 26.4. The lowest BCUT2D eigenvalue weighted by Crippen LogP contribution is -2.67. The molecule has 37 heavy (non-hydrogen) atoms. The zero-order valence-corrected chi connectivity index (χ0v) is 24.4. The van der Waals surface area contributed by atoms with Crippen LogP contribution in [0.3, 0.4) is 0 Å². The highest BCUT2D eigenvalue weighted by atomic mass is 28.4. The first-order valence-electron chi connectivity index (χ1n) is 13.6. The minimum Gasteiger partial charge on any atom is -0.407 e. The molecule has 1 aliphatic heterocycles. The minimum atomic E-state index is -2.49. The molecule has 1 aliphatic carbocycles. The molecule has 0 radical (unpaired) electrons. The van der Waals surface area contributed by atoms with E-state index in [2.05, 4.69) is 125 Å². The predicted octanol–water partition coefficient (Wildman–Crippen LogP) is 4.71. The fourth-order valence-corrected chi connectivity index (χ4v) is 10.4. The van der Waals surface area contributed by atoms with Crippen molar-refractivity contribution < 1.29 is 13.7 Å². The number of rotatable bonds is 7. The maximum Gasteiger partial charge on any atom is 0.498 e. The van der Waals surface area contributed by atoms with Gasteiger partial charge >= 0.3 is 7.12 Å². The molecule has 5 rings (SSSR count). The zero-order valence-electron chi connectivity index (χ0n) is 23.4. The van der Waals surface area contributed by atoms with Gasteiger partial charge in [-0.05, 0) is 61.9 Å². The van der Waals surface area contributed by atoms with E-state index in [1.54, 1.807) is 0 Å². The summed E-state index contributed by atoms with van der Waals surface area (Å²) in [6, 6.07) is 22.2. The summed E-state index contributed by atoms with van der Waals surface area (Å²) in [5, 5.41) is 7.35. The molecule has 0 spiro atoms. The Morgan fingerprint density at radius 1 is 0.919 bits per heavy atom. The van der Waals surface area contributed by atoms with Gasteiger partial charge < -0.3 is 13.7 Å². The molecule has 196 valence electrons. The summed E-state index contributed by atoms with van der Waals surface area (Å²) < 4.78 is 21.7. The van der Waals surface area contributed by atoms with Crippen LogP contribution in [0, 0.1) is 5.92 Å². The molecular formula is C30H41BN2O3Si. The summed E-state index contributed by atoms with van der Waals surface area (Å²) in [6.45, 7) is 16.1. The van der Waals surface area contributed by atoms with E-state index in [-0.39, 0.29) is 23.4 Å². The van der Waals surface area contributed by atoms with Crippen molar-refractivity contribution in [2.75, 3.05) is 6.61 Å². The van der Waals surface area contributed by atoms with E-state index in [0.29, 0.717) is 12.0 Å². The summed E-state index contributed by atoms with van der Waals surface area (Å²) in [5.74, 6) is 0.524. The molecule has 1 saturated heterocycles. The predicted molar refractivity (Wildman–Crippen MR) is 153 cm³/mol. The fraction of sp³-hybridized carbons (Fsp3) is 0.500. The monoisotopic (exact) mass is 516 g/mol. The van der Waals surface area contributed by atoms with Crippen LogP contribution in [0.2, 0.25) is 5.04 Å². The Morgan fingerprint density at radius 2 is 1.43 bits per heavy atom. The lowest BCUT2D eigenvalue weighted by Gasteiger charge is -2.45. The van der Waals surface area contributed by atoms with Crippen LogP contribution >= 0.6 is 0 Å². The van der Waals surface area contributed by atoms with E-state index in [0.717, 1.165) is 24.9 Å². The van der Waals surface area contributed by atoms with E-state index < -0.39 is 8.32 Å². The highest BCUT2D eigenvalue weighted by molar-refractivity contribution is 6.99. The summed E-state index contributed by atoms with van der Waals surface area (Å²) in [7, 11) is -2.86. The van der Waals surface area contributed by atoms with Gasteiger partial charge in [-0.3, -0.25) is 4.68 Å². The molecule has 2 aromatic carbocycles. The summed E-state index contributed by atoms with van der Waals surface area (Å²) in [4.78, 5) is 0. The first-order valence-corrected chi connectivity index (χ1v) is 15.5. The lowest BCUT2D eigenvalue weighted by molar-refractivity contribution is 0.00578. The van der Waals surface area contributed by atoms with Crippen LogP contribution < -0.4 is 15.8 Å². The van der Waals surface area contributed by atoms with E-state index >= 15 is 0 Å². The molecule has 1 aromatic heterocycles. The second-order valence-corrected chi connectivity index (χ2v) is 17.1. The van der Waals surface area contributed by atoms with Crippen LogP contribution in [0.25, 0.3) is 0 Å². The van der Waals surface area contributed by atoms with Gasteiger partial charge in [0.2, 0.25) is 0 Å². The van der Waals surface area contributed by atoms with Crippen LogP contribution in [-0.4, -0.2) is 43.0 Å². The van der Waals surface area contributed by atoms with Gasteiger partial charge in [-0.15, -0.1) is 0 Å². The smallest absolute Gasteiger partial charge is 0.407 e. The van der Waals surface area contributed by atoms with Crippen molar-refractivity contribution in [1.29, 1.82) is 0 Å². The van der Waals surface area contributed by atoms with Crippen LogP contribution in [-0.2, 0) is 13.7 Å².